The smallest absolute Gasteiger partial charge is 0.326 e. The molecule has 0 spiro atoms. The summed E-state index contributed by atoms with van der Waals surface area (Å²) in [6.07, 6.45) is 6.85. The Bertz CT molecular complexity index is 1070. The van der Waals surface area contributed by atoms with Gasteiger partial charge in [0.05, 0.1) is 11.8 Å². The maximum absolute atomic E-state index is 12.6. The number of amides is 1. The lowest BCUT2D eigenvalue weighted by Gasteiger charge is -2.60. The van der Waals surface area contributed by atoms with E-state index >= 15 is 0 Å². The van der Waals surface area contributed by atoms with Gasteiger partial charge < -0.3 is 30.2 Å². The zero-order chi connectivity index (χ0) is 27.5. The predicted molar refractivity (Wildman–Crippen MR) is 136 cm³/mol. The molecule has 0 aromatic carbocycles. The number of Topliss-reactive ketones (excluding diaryl/α,β-unsaturated/α-hetero) is 1. The quantitative estimate of drug-likeness (QED) is 0.376. The van der Waals surface area contributed by atoms with Gasteiger partial charge in [0.2, 0.25) is 0 Å². The van der Waals surface area contributed by atoms with Crippen molar-refractivity contribution in [3.8, 4) is 0 Å². The SMILES string of the molecule is C[C@]12CC/C(=N\OCC(=O)N3CCC[C@@H]3C(=O)O)C=C1CC[C@H]1[C@H]2[C@@H](O)C[C@@]2(C)[C@@H]1CC[C@]2(O)C(=O)CO. The average Bonchev–Trinajstić information content (AvgIpc) is 3.47. The first-order chi connectivity index (χ1) is 18.0. The summed E-state index contributed by atoms with van der Waals surface area (Å²) in [6.45, 7) is 3.53. The number of rotatable bonds is 6. The Morgan fingerprint density at radius 1 is 1.16 bits per heavy atom. The van der Waals surface area contributed by atoms with Crippen LogP contribution in [0.5, 0.6) is 0 Å². The average molecular weight is 533 g/mol. The van der Waals surface area contributed by atoms with Crippen molar-refractivity contribution in [1.82, 2.24) is 4.90 Å². The lowest BCUT2D eigenvalue weighted by molar-refractivity contribution is -0.181. The second kappa shape index (κ2) is 9.71. The molecule has 210 valence electrons. The fourth-order valence-corrected chi connectivity index (χ4v) is 8.94. The Hall–Kier alpha value is -2.30. The number of hydrogen-bond acceptors (Lipinski definition) is 8. The standard InChI is InChI=1S/C28H40N2O8/c1-26-9-7-17(29-38-15-23(34)30-11-3-4-20(30)25(35)36)12-16(26)5-6-18-19-8-10-28(37,22(33)14-31)27(19,2)13-21(32)24(18)26/h12,18-21,24,31-32,37H,3-11,13-15H2,1-2H3,(H,35,36)/b29-17+/t18-,19-,20-,21+,24+,26+,27+,28+/m1/s1. The molecule has 1 heterocycles. The first-order valence-electron chi connectivity index (χ1n) is 13.9. The van der Waals surface area contributed by atoms with Crippen LogP contribution in [0.25, 0.3) is 0 Å². The number of ketones is 1. The third kappa shape index (κ3) is 4.02. The van der Waals surface area contributed by atoms with Crippen LogP contribution >= 0.6 is 0 Å². The molecule has 3 saturated carbocycles. The number of aliphatic carboxylic acids is 1. The van der Waals surface area contributed by atoms with Gasteiger partial charge in [-0.15, -0.1) is 0 Å². The third-order valence-corrected chi connectivity index (χ3v) is 10.9. The van der Waals surface area contributed by atoms with Gasteiger partial charge in [-0.05, 0) is 87.0 Å². The number of fused-ring (bicyclic) bond motifs is 5. The summed E-state index contributed by atoms with van der Waals surface area (Å²) in [7, 11) is 0. The van der Waals surface area contributed by atoms with Gasteiger partial charge in [-0.2, -0.15) is 0 Å². The number of nitrogens with zero attached hydrogens (tertiary/aromatic N) is 2. The summed E-state index contributed by atoms with van der Waals surface area (Å²) in [5.41, 5.74) is -0.673. The van der Waals surface area contributed by atoms with Crippen LogP contribution in [0.2, 0.25) is 0 Å². The number of carbonyl (C=O) groups is 3. The molecule has 8 atom stereocenters. The topological polar surface area (TPSA) is 157 Å². The molecule has 0 aromatic rings. The summed E-state index contributed by atoms with van der Waals surface area (Å²) >= 11 is 0. The van der Waals surface area contributed by atoms with Crippen LogP contribution < -0.4 is 0 Å². The van der Waals surface area contributed by atoms with E-state index in [1.165, 1.54) is 10.5 Å². The second-order valence-electron chi connectivity index (χ2n) is 12.5. The van der Waals surface area contributed by atoms with Gasteiger partial charge in [0.15, 0.2) is 12.4 Å². The minimum atomic E-state index is -1.60. The summed E-state index contributed by atoms with van der Waals surface area (Å²) < 4.78 is 0. The van der Waals surface area contributed by atoms with E-state index < -0.39 is 41.5 Å². The van der Waals surface area contributed by atoms with Crippen LogP contribution in [0.1, 0.15) is 71.6 Å². The molecular weight excluding hydrogens is 492 g/mol. The maximum atomic E-state index is 12.6. The van der Waals surface area contributed by atoms with Crippen molar-refractivity contribution in [2.45, 2.75) is 89.4 Å². The Kier molecular flexibility index (Phi) is 6.97. The number of carboxylic acid groups (broad SMARTS) is 1. The lowest BCUT2D eigenvalue weighted by Crippen LogP contribution is -2.62. The van der Waals surface area contributed by atoms with Crippen molar-refractivity contribution in [2.75, 3.05) is 19.8 Å². The molecule has 0 radical (unpaired) electrons. The van der Waals surface area contributed by atoms with Crippen LogP contribution in [-0.4, -0.2) is 86.2 Å². The third-order valence-electron chi connectivity index (χ3n) is 10.9. The van der Waals surface area contributed by atoms with Crippen LogP contribution in [-0.2, 0) is 19.2 Å². The summed E-state index contributed by atoms with van der Waals surface area (Å²) in [6, 6.07) is -0.798. The van der Waals surface area contributed by atoms with E-state index in [2.05, 4.69) is 12.1 Å². The molecule has 1 aliphatic heterocycles. The minimum absolute atomic E-state index is 0.000631. The number of aliphatic hydroxyl groups excluding tert-OH is 2. The van der Waals surface area contributed by atoms with Crippen molar-refractivity contribution >= 4 is 23.4 Å². The van der Waals surface area contributed by atoms with E-state index in [-0.39, 0.29) is 35.7 Å². The predicted octanol–water partition coefficient (Wildman–Crippen LogP) is 1.66. The largest absolute Gasteiger partial charge is 0.480 e. The summed E-state index contributed by atoms with van der Waals surface area (Å²) in [5, 5.41) is 45.9. The monoisotopic (exact) mass is 532 g/mol. The molecule has 10 nitrogen and oxygen atoms in total. The van der Waals surface area contributed by atoms with Gasteiger partial charge >= 0.3 is 5.97 Å². The van der Waals surface area contributed by atoms with Crippen molar-refractivity contribution in [3.63, 3.8) is 0 Å². The number of aliphatic hydroxyl groups is 3. The molecule has 0 unspecified atom stereocenters. The van der Waals surface area contributed by atoms with Crippen molar-refractivity contribution in [3.05, 3.63) is 11.6 Å². The van der Waals surface area contributed by atoms with Crippen LogP contribution in [0.15, 0.2) is 16.8 Å². The molecule has 10 heteroatoms. The van der Waals surface area contributed by atoms with E-state index in [1.54, 1.807) is 0 Å². The highest BCUT2D eigenvalue weighted by atomic mass is 16.6. The summed E-state index contributed by atoms with van der Waals surface area (Å²) in [5.74, 6) is -1.66. The second-order valence-corrected chi connectivity index (χ2v) is 12.5. The minimum Gasteiger partial charge on any atom is -0.480 e. The Morgan fingerprint density at radius 3 is 2.63 bits per heavy atom. The number of oxime groups is 1. The Morgan fingerprint density at radius 2 is 1.92 bits per heavy atom. The van der Waals surface area contributed by atoms with Crippen molar-refractivity contribution < 1.29 is 39.6 Å². The fourth-order valence-electron chi connectivity index (χ4n) is 8.94. The van der Waals surface area contributed by atoms with Crippen molar-refractivity contribution in [1.29, 1.82) is 0 Å². The molecule has 1 amide bonds. The van der Waals surface area contributed by atoms with Crippen LogP contribution in [0.3, 0.4) is 0 Å². The Balaban J connectivity index is 1.29. The first-order valence-corrected chi connectivity index (χ1v) is 13.9. The number of allylic oxidation sites excluding steroid dienone is 2. The molecule has 0 bridgehead atoms. The molecule has 5 rings (SSSR count). The number of likely N-dealkylation sites (tertiary alicyclic amines) is 1. The molecule has 5 aliphatic rings. The van der Waals surface area contributed by atoms with Gasteiger partial charge in [-0.25, -0.2) is 4.79 Å². The van der Waals surface area contributed by atoms with E-state index in [4.69, 9.17) is 4.84 Å². The van der Waals surface area contributed by atoms with E-state index in [0.29, 0.717) is 45.1 Å². The first kappa shape index (κ1) is 27.3. The molecule has 1 saturated heterocycles. The number of carbonyl (C=O) groups excluding carboxylic acids is 2. The number of hydrogen-bond donors (Lipinski definition) is 4. The highest BCUT2D eigenvalue weighted by Gasteiger charge is 2.68. The lowest BCUT2D eigenvalue weighted by atomic mass is 9.45. The van der Waals surface area contributed by atoms with Gasteiger partial charge in [-0.1, -0.05) is 24.6 Å². The van der Waals surface area contributed by atoms with Gasteiger partial charge in [-0.3, -0.25) is 9.59 Å². The molecule has 38 heavy (non-hydrogen) atoms. The maximum Gasteiger partial charge on any atom is 0.326 e. The molecule has 4 aliphatic carbocycles. The highest BCUT2D eigenvalue weighted by Crippen LogP contribution is 2.67. The van der Waals surface area contributed by atoms with Gasteiger partial charge in [0.1, 0.15) is 18.2 Å². The molecular formula is C28H40N2O8. The normalized spacial score (nSPS) is 43.2. The fraction of sp³-hybridized carbons (Fsp3) is 0.786. The molecule has 4 fully saturated rings. The van der Waals surface area contributed by atoms with E-state index in [1.807, 2.05) is 13.0 Å². The van der Waals surface area contributed by atoms with Gasteiger partial charge in [0, 0.05) is 12.0 Å². The van der Waals surface area contributed by atoms with Gasteiger partial charge in [0.25, 0.3) is 5.91 Å². The Labute approximate surface area is 222 Å². The summed E-state index contributed by atoms with van der Waals surface area (Å²) in [4.78, 5) is 43.1. The van der Waals surface area contributed by atoms with Crippen molar-refractivity contribution in [2.24, 2.45) is 33.7 Å². The van der Waals surface area contributed by atoms with Crippen LogP contribution in [0, 0.1) is 28.6 Å². The zero-order valence-corrected chi connectivity index (χ0v) is 22.3. The van der Waals surface area contributed by atoms with Crippen LogP contribution in [0.4, 0.5) is 0 Å². The number of carboxylic acids is 1. The zero-order valence-electron chi connectivity index (χ0n) is 22.3. The molecule has 0 aromatic heterocycles. The van der Waals surface area contributed by atoms with E-state index in [0.717, 1.165) is 25.0 Å². The highest BCUT2D eigenvalue weighted by molar-refractivity contribution is 5.96. The molecule has 4 N–H and O–H groups in total. The van der Waals surface area contributed by atoms with E-state index in [9.17, 15) is 34.8 Å².